The molecule has 2 heterocycles. The number of anilines is 1. The SMILES string of the molecule is COc1ccccc1C1C(C(=O)c2sc(C)nc2C)=C(O)C(=O)N1c1ccc(C)cc1C. The molecule has 164 valence electrons. The number of ketones is 1. The lowest BCUT2D eigenvalue weighted by molar-refractivity contribution is -0.117. The molecule has 0 bridgehead atoms. The van der Waals surface area contributed by atoms with Crippen LogP contribution in [0, 0.1) is 27.7 Å². The van der Waals surface area contributed by atoms with Gasteiger partial charge < -0.3 is 9.84 Å². The summed E-state index contributed by atoms with van der Waals surface area (Å²) in [6.07, 6.45) is 0. The highest BCUT2D eigenvalue weighted by Gasteiger charge is 2.46. The van der Waals surface area contributed by atoms with Crippen LogP contribution in [0.1, 0.15) is 43.1 Å². The molecule has 3 aromatic rings. The summed E-state index contributed by atoms with van der Waals surface area (Å²) in [6, 6.07) is 12.1. The number of hydrogen-bond acceptors (Lipinski definition) is 6. The van der Waals surface area contributed by atoms with Crippen molar-refractivity contribution in [3.05, 3.63) is 86.1 Å². The standard InChI is InChI=1S/C25H24N2O4S/c1-13-10-11-18(14(2)12-13)27-21(17-8-6-7-9-19(17)31-5)20(23(29)25(27)30)22(28)24-15(3)26-16(4)32-24/h6-12,21,29H,1-5H3. The lowest BCUT2D eigenvalue weighted by Crippen LogP contribution is -2.32. The third-order valence-electron chi connectivity index (χ3n) is 5.61. The number of methoxy groups -OCH3 is 1. The minimum absolute atomic E-state index is 0.0335. The van der Waals surface area contributed by atoms with Crippen molar-refractivity contribution in [2.45, 2.75) is 33.7 Å². The quantitative estimate of drug-likeness (QED) is 0.545. The van der Waals surface area contributed by atoms with Gasteiger partial charge in [-0.2, -0.15) is 0 Å². The first-order valence-electron chi connectivity index (χ1n) is 10.2. The summed E-state index contributed by atoms with van der Waals surface area (Å²) in [6.45, 7) is 7.45. The largest absolute Gasteiger partial charge is 0.503 e. The maximum atomic E-state index is 13.7. The molecule has 1 atom stereocenters. The molecule has 0 radical (unpaired) electrons. The van der Waals surface area contributed by atoms with Crippen LogP contribution in [0.2, 0.25) is 0 Å². The summed E-state index contributed by atoms with van der Waals surface area (Å²) in [5.41, 5.74) is 3.78. The molecule has 0 fully saturated rings. The van der Waals surface area contributed by atoms with Crippen LogP contribution in [0.3, 0.4) is 0 Å². The Morgan fingerprint density at radius 2 is 1.84 bits per heavy atom. The van der Waals surface area contributed by atoms with Gasteiger partial charge in [-0.15, -0.1) is 11.3 Å². The first-order chi connectivity index (χ1) is 15.2. The van der Waals surface area contributed by atoms with E-state index < -0.39 is 23.5 Å². The minimum Gasteiger partial charge on any atom is -0.503 e. The summed E-state index contributed by atoms with van der Waals surface area (Å²) in [7, 11) is 1.54. The smallest absolute Gasteiger partial charge is 0.294 e. The molecule has 4 rings (SSSR count). The van der Waals surface area contributed by atoms with Crippen LogP contribution in [0.15, 0.2) is 53.8 Å². The summed E-state index contributed by atoms with van der Waals surface area (Å²) in [5, 5.41) is 11.7. The molecule has 32 heavy (non-hydrogen) atoms. The third kappa shape index (κ3) is 3.48. The number of hydrogen-bond donors (Lipinski definition) is 1. The second-order valence-electron chi connectivity index (χ2n) is 7.85. The Bertz CT molecular complexity index is 1270. The fourth-order valence-corrected chi connectivity index (χ4v) is 5.09. The number of aryl methyl sites for hydroxylation is 4. The fourth-order valence-electron chi connectivity index (χ4n) is 4.21. The second-order valence-corrected chi connectivity index (χ2v) is 9.05. The molecule has 0 saturated heterocycles. The molecule has 2 aromatic carbocycles. The Hall–Kier alpha value is -3.45. The topological polar surface area (TPSA) is 79.7 Å². The van der Waals surface area contributed by atoms with E-state index in [0.717, 1.165) is 16.1 Å². The number of nitrogens with zero attached hydrogens (tertiary/aromatic N) is 2. The number of aliphatic hydroxyl groups is 1. The molecular weight excluding hydrogens is 424 g/mol. The molecule has 1 unspecified atom stereocenters. The van der Waals surface area contributed by atoms with E-state index in [2.05, 4.69) is 4.98 Å². The first kappa shape index (κ1) is 21.8. The van der Waals surface area contributed by atoms with Gasteiger partial charge in [0, 0.05) is 11.3 Å². The Morgan fingerprint density at radius 3 is 2.47 bits per heavy atom. The van der Waals surface area contributed by atoms with Crippen molar-refractivity contribution in [1.82, 2.24) is 4.98 Å². The summed E-state index contributed by atoms with van der Waals surface area (Å²) in [4.78, 5) is 33.3. The Labute approximate surface area is 190 Å². The lowest BCUT2D eigenvalue weighted by atomic mass is 9.93. The highest BCUT2D eigenvalue weighted by Crippen LogP contribution is 2.46. The number of rotatable bonds is 5. The zero-order valence-electron chi connectivity index (χ0n) is 18.6. The van der Waals surface area contributed by atoms with Crippen LogP contribution in [0.25, 0.3) is 0 Å². The van der Waals surface area contributed by atoms with Crippen molar-refractivity contribution in [3.63, 3.8) is 0 Å². The average molecular weight is 449 g/mol. The molecule has 1 aliphatic heterocycles. The molecule has 6 nitrogen and oxygen atoms in total. The number of thiazole rings is 1. The number of aromatic nitrogens is 1. The normalized spacial score (nSPS) is 16.1. The number of aliphatic hydroxyl groups excluding tert-OH is 1. The number of carbonyl (C=O) groups excluding carboxylic acids is 2. The summed E-state index contributed by atoms with van der Waals surface area (Å²) in [5.74, 6) is -1.04. The van der Waals surface area contributed by atoms with Gasteiger partial charge in [0.05, 0.1) is 34.3 Å². The number of para-hydroxylation sites is 1. The molecule has 0 spiro atoms. The van der Waals surface area contributed by atoms with Crippen molar-refractivity contribution >= 4 is 28.7 Å². The highest BCUT2D eigenvalue weighted by molar-refractivity contribution is 7.14. The molecule has 1 aromatic heterocycles. The van der Waals surface area contributed by atoms with Gasteiger partial charge in [0.15, 0.2) is 5.76 Å². The van der Waals surface area contributed by atoms with Gasteiger partial charge in [-0.3, -0.25) is 14.5 Å². The molecule has 1 aliphatic rings. The Balaban J connectivity index is 1.96. The second kappa shape index (κ2) is 8.24. The maximum absolute atomic E-state index is 13.7. The monoisotopic (exact) mass is 448 g/mol. The van der Waals surface area contributed by atoms with Crippen LogP contribution in [0.4, 0.5) is 5.69 Å². The van der Waals surface area contributed by atoms with Crippen LogP contribution in [-0.2, 0) is 4.79 Å². The number of amides is 1. The summed E-state index contributed by atoms with van der Waals surface area (Å²) < 4.78 is 5.56. The number of benzene rings is 2. The maximum Gasteiger partial charge on any atom is 0.294 e. The average Bonchev–Trinajstić information content (AvgIpc) is 3.23. The predicted octanol–water partition coefficient (Wildman–Crippen LogP) is 5.17. The van der Waals surface area contributed by atoms with Crippen molar-refractivity contribution < 1.29 is 19.4 Å². The molecule has 7 heteroatoms. The highest BCUT2D eigenvalue weighted by atomic mass is 32.1. The number of carbonyl (C=O) groups is 2. The van der Waals surface area contributed by atoms with Crippen LogP contribution in [0.5, 0.6) is 5.75 Å². The summed E-state index contributed by atoms with van der Waals surface area (Å²) >= 11 is 1.25. The van der Waals surface area contributed by atoms with Crippen molar-refractivity contribution in [1.29, 1.82) is 0 Å². The number of ether oxygens (including phenoxy) is 1. The fraction of sp³-hybridized carbons (Fsp3) is 0.240. The van der Waals surface area contributed by atoms with E-state index in [1.165, 1.54) is 16.2 Å². The molecule has 0 saturated carbocycles. The minimum atomic E-state index is -0.839. The van der Waals surface area contributed by atoms with E-state index in [9.17, 15) is 14.7 Å². The molecule has 1 amide bonds. The van der Waals surface area contributed by atoms with Crippen molar-refractivity contribution in [3.8, 4) is 5.75 Å². The van der Waals surface area contributed by atoms with Gasteiger partial charge in [0.1, 0.15) is 5.75 Å². The number of Topliss-reactive ketones (excluding diaryl/α,β-unsaturated/α-hetero) is 1. The van der Waals surface area contributed by atoms with Gasteiger partial charge in [-0.05, 0) is 45.4 Å². The van der Waals surface area contributed by atoms with Crippen LogP contribution in [-0.4, -0.2) is 28.9 Å². The molecule has 1 N–H and O–H groups in total. The Kier molecular flexibility index (Phi) is 5.60. The van der Waals surface area contributed by atoms with Crippen molar-refractivity contribution in [2.24, 2.45) is 0 Å². The lowest BCUT2D eigenvalue weighted by Gasteiger charge is -2.29. The van der Waals surface area contributed by atoms with E-state index in [1.807, 2.05) is 57.2 Å². The molecular formula is C25H24N2O4S. The van der Waals surface area contributed by atoms with Crippen molar-refractivity contribution in [2.75, 3.05) is 12.0 Å². The van der Waals surface area contributed by atoms with E-state index in [-0.39, 0.29) is 5.57 Å². The van der Waals surface area contributed by atoms with E-state index in [1.54, 1.807) is 20.1 Å². The molecule has 0 aliphatic carbocycles. The van der Waals surface area contributed by atoms with E-state index >= 15 is 0 Å². The van der Waals surface area contributed by atoms with E-state index in [0.29, 0.717) is 27.6 Å². The van der Waals surface area contributed by atoms with Gasteiger partial charge in [0.25, 0.3) is 5.91 Å². The first-order valence-corrected chi connectivity index (χ1v) is 11.0. The zero-order chi connectivity index (χ0) is 23.2. The van der Waals surface area contributed by atoms with Gasteiger partial charge >= 0.3 is 0 Å². The van der Waals surface area contributed by atoms with Gasteiger partial charge in [-0.25, -0.2) is 4.98 Å². The predicted molar refractivity (Wildman–Crippen MR) is 125 cm³/mol. The van der Waals surface area contributed by atoms with Crippen LogP contribution >= 0.6 is 11.3 Å². The third-order valence-corrected chi connectivity index (χ3v) is 6.68. The Morgan fingerprint density at radius 1 is 1.12 bits per heavy atom. The van der Waals surface area contributed by atoms with Gasteiger partial charge in [0.2, 0.25) is 5.78 Å². The van der Waals surface area contributed by atoms with Gasteiger partial charge in [-0.1, -0.05) is 35.9 Å². The zero-order valence-corrected chi connectivity index (χ0v) is 19.4. The van der Waals surface area contributed by atoms with Crippen LogP contribution < -0.4 is 9.64 Å². The van der Waals surface area contributed by atoms with E-state index in [4.69, 9.17) is 4.74 Å².